The Hall–Kier alpha value is -0.800. The zero-order chi connectivity index (χ0) is 15.2. The first kappa shape index (κ1) is 16.6. The number of unbranched alkanes of at least 4 members (excludes halogenated alkanes) is 1. The van der Waals surface area contributed by atoms with Crippen molar-refractivity contribution in [2.24, 2.45) is 5.92 Å². The van der Waals surface area contributed by atoms with Crippen LogP contribution >= 0.6 is 0 Å². The molecule has 1 saturated carbocycles. The van der Waals surface area contributed by atoms with E-state index in [2.05, 4.69) is 44.0 Å². The van der Waals surface area contributed by atoms with E-state index in [0.29, 0.717) is 5.92 Å². The average Bonchev–Trinajstić information content (AvgIpc) is 3.21. The van der Waals surface area contributed by atoms with Gasteiger partial charge < -0.3 is 9.73 Å². The normalized spacial score (nSPS) is 15.3. The van der Waals surface area contributed by atoms with Gasteiger partial charge in [0.2, 0.25) is 0 Å². The molecule has 120 valence electrons. The average molecular weight is 292 g/mol. The van der Waals surface area contributed by atoms with Crippen LogP contribution in [0.25, 0.3) is 0 Å². The molecule has 0 spiro atoms. The highest BCUT2D eigenvalue weighted by molar-refractivity contribution is 5.20. The molecule has 1 aromatic heterocycles. The summed E-state index contributed by atoms with van der Waals surface area (Å²) in [7, 11) is 0. The van der Waals surface area contributed by atoms with E-state index in [-0.39, 0.29) is 0 Å². The Morgan fingerprint density at radius 3 is 2.76 bits per heavy atom. The Kier molecular flexibility index (Phi) is 6.31. The van der Waals surface area contributed by atoms with Gasteiger partial charge in [-0.2, -0.15) is 0 Å². The molecule has 0 radical (unpaired) electrons. The summed E-state index contributed by atoms with van der Waals surface area (Å²) < 4.78 is 5.98. The molecule has 1 heterocycles. The summed E-state index contributed by atoms with van der Waals surface area (Å²) in [5.41, 5.74) is 1.32. The number of nitrogens with zero attached hydrogens (tertiary/aromatic N) is 1. The van der Waals surface area contributed by atoms with Gasteiger partial charge in [0.1, 0.15) is 11.5 Å². The first-order valence-electron chi connectivity index (χ1n) is 8.63. The molecule has 0 amide bonds. The van der Waals surface area contributed by atoms with E-state index in [4.69, 9.17) is 4.42 Å². The van der Waals surface area contributed by atoms with Crippen molar-refractivity contribution in [3.8, 4) is 0 Å². The third-order valence-electron chi connectivity index (χ3n) is 4.16. The molecule has 1 aromatic rings. The van der Waals surface area contributed by atoms with Crippen LogP contribution in [-0.4, -0.2) is 24.0 Å². The molecular weight excluding hydrogens is 260 g/mol. The van der Waals surface area contributed by atoms with Gasteiger partial charge in [-0.05, 0) is 51.3 Å². The minimum Gasteiger partial charge on any atom is -0.465 e. The predicted molar refractivity (Wildman–Crippen MR) is 88.3 cm³/mol. The molecular formula is C18H32N2O. The van der Waals surface area contributed by atoms with Crippen LogP contribution in [0.1, 0.15) is 63.5 Å². The fraction of sp³-hybridized carbons (Fsp3) is 0.778. The fourth-order valence-electron chi connectivity index (χ4n) is 2.73. The van der Waals surface area contributed by atoms with Gasteiger partial charge in [-0.15, -0.1) is 0 Å². The molecule has 0 bridgehead atoms. The number of rotatable bonds is 10. The second kappa shape index (κ2) is 8.00. The van der Waals surface area contributed by atoms with E-state index < -0.39 is 0 Å². The van der Waals surface area contributed by atoms with Gasteiger partial charge in [-0.25, -0.2) is 0 Å². The van der Waals surface area contributed by atoms with Gasteiger partial charge >= 0.3 is 0 Å². The Balaban J connectivity index is 1.87. The Bertz CT molecular complexity index is 421. The molecule has 3 heteroatoms. The lowest BCUT2D eigenvalue weighted by molar-refractivity contribution is 0.229. The monoisotopic (exact) mass is 292 g/mol. The highest BCUT2D eigenvalue weighted by atomic mass is 16.3. The van der Waals surface area contributed by atoms with Crippen molar-refractivity contribution in [1.29, 1.82) is 0 Å². The van der Waals surface area contributed by atoms with E-state index in [1.165, 1.54) is 37.8 Å². The number of furan rings is 1. The molecule has 0 unspecified atom stereocenters. The van der Waals surface area contributed by atoms with Crippen molar-refractivity contribution in [2.45, 2.75) is 72.5 Å². The zero-order valence-electron chi connectivity index (χ0n) is 14.2. The molecule has 0 atom stereocenters. The first-order valence-corrected chi connectivity index (χ1v) is 8.63. The number of hydrogen-bond donors (Lipinski definition) is 1. The number of aryl methyl sites for hydroxylation is 1. The molecule has 1 aliphatic rings. The van der Waals surface area contributed by atoms with Crippen LogP contribution in [0.4, 0.5) is 0 Å². The van der Waals surface area contributed by atoms with Crippen LogP contribution in [0.5, 0.6) is 0 Å². The lowest BCUT2D eigenvalue weighted by Crippen LogP contribution is -2.26. The number of hydrogen-bond acceptors (Lipinski definition) is 3. The third kappa shape index (κ3) is 5.48. The highest BCUT2D eigenvalue weighted by Gasteiger charge is 2.29. The molecule has 1 aliphatic carbocycles. The van der Waals surface area contributed by atoms with Crippen LogP contribution in [0, 0.1) is 12.8 Å². The molecule has 1 N–H and O–H groups in total. The first-order chi connectivity index (χ1) is 10.1. The van der Waals surface area contributed by atoms with Crippen molar-refractivity contribution in [3.05, 3.63) is 23.2 Å². The van der Waals surface area contributed by atoms with Crippen LogP contribution < -0.4 is 5.32 Å². The number of nitrogens with one attached hydrogen (secondary N) is 1. The highest BCUT2D eigenvalue weighted by Crippen LogP contribution is 2.29. The summed E-state index contributed by atoms with van der Waals surface area (Å²) in [6, 6.07) is 3.06. The second-order valence-electron chi connectivity index (χ2n) is 6.87. The maximum Gasteiger partial charge on any atom is 0.118 e. The van der Waals surface area contributed by atoms with E-state index >= 15 is 0 Å². The Morgan fingerprint density at radius 1 is 1.38 bits per heavy atom. The summed E-state index contributed by atoms with van der Waals surface area (Å²) in [6.45, 7) is 13.0. The second-order valence-corrected chi connectivity index (χ2v) is 6.87. The molecule has 0 aromatic carbocycles. The molecule has 0 saturated heterocycles. The van der Waals surface area contributed by atoms with Gasteiger partial charge in [-0.1, -0.05) is 27.2 Å². The lowest BCUT2D eigenvalue weighted by atomic mass is 10.2. The molecule has 1 fully saturated rings. The van der Waals surface area contributed by atoms with Crippen LogP contribution in [0.15, 0.2) is 10.5 Å². The van der Waals surface area contributed by atoms with Gasteiger partial charge in [0, 0.05) is 18.2 Å². The maximum atomic E-state index is 5.98. The SMILES string of the molecule is CCCCN(Cc1cc(CNCC(C)C)c(C)o1)C1CC1. The van der Waals surface area contributed by atoms with Crippen LogP contribution in [0.3, 0.4) is 0 Å². The molecule has 21 heavy (non-hydrogen) atoms. The Morgan fingerprint density at radius 2 is 2.14 bits per heavy atom. The smallest absolute Gasteiger partial charge is 0.118 e. The van der Waals surface area contributed by atoms with Crippen LogP contribution in [-0.2, 0) is 13.1 Å². The topological polar surface area (TPSA) is 28.4 Å². The maximum absolute atomic E-state index is 5.98. The van der Waals surface area contributed by atoms with Crippen molar-refractivity contribution in [2.75, 3.05) is 13.1 Å². The van der Waals surface area contributed by atoms with Crippen LogP contribution in [0.2, 0.25) is 0 Å². The van der Waals surface area contributed by atoms with E-state index in [0.717, 1.165) is 37.2 Å². The predicted octanol–water partition coefficient (Wildman–Crippen LogP) is 4.10. The van der Waals surface area contributed by atoms with Crippen molar-refractivity contribution in [3.63, 3.8) is 0 Å². The van der Waals surface area contributed by atoms with Gasteiger partial charge in [-0.3, -0.25) is 4.90 Å². The fourth-order valence-corrected chi connectivity index (χ4v) is 2.73. The molecule has 0 aliphatic heterocycles. The largest absolute Gasteiger partial charge is 0.465 e. The third-order valence-corrected chi connectivity index (χ3v) is 4.16. The van der Waals surface area contributed by atoms with E-state index in [1.807, 2.05) is 0 Å². The van der Waals surface area contributed by atoms with Gasteiger partial charge in [0.15, 0.2) is 0 Å². The zero-order valence-corrected chi connectivity index (χ0v) is 14.2. The quantitative estimate of drug-likeness (QED) is 0.704. The molecule has 3 nitrogen and oxygen atoms in total. The van der Waals surface area contributed by atoms with E-state index in [1.54, 1.807) is 0 Å². The summed E-state index contributed by atoms with van der Waals surface area (Å²) in [5.74, 6) is 2.90. The summed E-state index contributed by atoms with van der Waals surface area (Å²) >= 11 is 0. The van der Waals surface area contributed by atoms with Crippen molar-refractivity contribution >= 4 is 0 Å². The van der Waals surface area contributed by atoms with Crippen molar-refractivity contribution in [1.82, 2.24) is 10.2 Å². The summed E-state index contributed by atoms with van der Waals surface area (Å²) in [6.07, 6.45) is 5.29. The standard InChI is InChI=1S/C18H32N2O/c1-5-6-9-20(17-7-8-17)13-18-10-16(15(4)21-18)12-19-11-14(2)3/h10,14,17,19H,5-9,11-13H2,1-4H3. The summed E-state index contributed by atoms with van der Waals surface area (Å²) in [4.78, 5) is 2.60. The lowest BCUT2D eigenvalue weighted by Gasteiger charge is -2.20. The van der Waals surface area contributed by atoms with Gasteiger partial charge in [0.05, 0.1) is 6.54 Å². The minimum absolute atomic E-state index is 0.691. The summed E-state index contributed by atoms with van der Waals surface area (Å²) in [5, 5.41) is 3.50. The van der Waals surface area contributed by atoms with Gasteiger partial charge in [0.25, 0.3) is 0 Å². The Labute approximate surface area is 130 Å². The minimum atomic E-state index is 0.691. The molecule has 2 rings (SSSR count). The van der Waals surface area contributed by atoms with Crippen molar-refractivity contribution < 1.29 is 4.42 Å². The van der Waals surface area contributed by atoms with E-state index in [9.17, 15) is 0 Å².